The van der Waals surface area contributed by atoms with Crippen LogP contribution in [0.3, 0.4) is 0 Å². The fourth-order valence-electron chi connectivity index (χ4n) is 1.42. The minimum atomic E-state index is -0.473. The molecule has 0 saturated carbocycles. The predicted octanol–water partition coefficient (Wildman–Crippen LogP) is 8.43. The Labute approximate surface area is 187 Å². The maximum Gasteiger partial charge on any atom is -0.0566 e. The Hall–Kier alpha value is 0.208. The van der Waals surface area contributed by atoms with Gasteiger partial charge < -0.3 is 17.6 Å². The normalized spacial score (nSPS) is 13.0. The van der Waals surface area contributed by atoms with Crippen molar-refractivity contribution in [1.82, 2.24) is 0 Å². The zero-order chi connectivity index (χ0) is 23.1. The number of hydrogen-bond acceptors (Lipinski definition) is 2. The Morgan fingerprint density at radius 3 is 1.21 bits per heavy atom. The second kappa shape index (κ2) is 16.9. The van der Waals surface area contributed by atoms with Gasteiger partial charge in [-0.05, 0) is 0 Å². The van der Waals surface area contributed by atoms with Crippen LogP contribution in [0.15, 0.2) is 6.99 Å². The average molecular weight is 480 g/mol. The van der Waals surface area contributed by atoms with Crippen LogP contribution in [0.1, 0.15) is 103 Å². The van der Waals surface area contributed by atoms with Crippen molar-refractivity contribution >= 4 is 0 Å². The molecule has 0 aromatic rings. The van der Waals surface area contributed by atoms with E-state index in [0.29, 0.717) is 23.9 Å². The Kier molecular flexibility index (Phi) is 19.9. The fraction of sp³-hybridized carbons (Fsp3) is 0.957. The van der Waals surface area contributed by atoms with Gasteiger partial charge in [-0.3, -0.25) is 0 Å². The maximum atomic E-state index is 4.62. The van der Waals surface area contributed by atoms with Crippen LogP contribution in [-0.4, -0.2) is 29.3 Å². The average Bonchev–Trinajstić information content (AvgIpc) is 2.41. The molecule has 0 spiro atoms. The number of rotatable bonds is 6. The van der Waals surface area contributed by atoms with Gasteiger partial charge >= 0.3 is 77.8 Å². The molecule has 0 saturated heterocycles. The van der Waals surface area contributed by atoms with Crippen molar-refractivity contribution in [1.29, 1.82) is 0 Å². The third kappa shape index (κ3) is 33.8. The summed E-state index contributed by atoms with van der Waals surface area (Å²) in [4.78, 5) is 0. The zero-order valence-corrected chi connectivity index (χ0v) is 23.5. The standard InChI is InChI=1S/C11H24N2.2C4H9N.C4H9.Mo/c1-7-10(6)11(12-8(2)3)13-9(4)5;2*1-4(2,3)5;1-4(2)3;/h8-11H,7H2,1-6H3;2*1-3H3;4H,1H2,2-3H3;/q-2;;;-1;. The van der Waals surface area contributed by atoms with Crippen LogP contribution in [0.5, 0.6) is 0 Å². The Balaban J connectivity index is -0.000000378. The minimum absolute atomic E-state index is 0.108. The largest absolute Gasteiger partial charge is 0.675 e. The monoisotopic (exact) mass is 481 g/mol. The van der Waals surface area contributed by atoms with Gasteiger partial charge in [0.2, 0.25) is 0 Å². The summed E-state index contributed by atoms with van der Waals surface area (Å²) in [5, 5.41) is 9.24. The van der Waals surface area contributed by atoms with Crippen molar-refractivity contribution in [2.24, 2.45) is 18.8 Å². The summed E-state index contributed by atoms with van der Waals surface area (Å²) in [6.07, 6.45) is 1.35. The topological polar surface area (TPSA) is 52.9 Å². The third-order valence-corrected chi connectivity index (χ3v) is 5.78. The summed E-state index contributed by atoms with van der Waals surface area (Å²) >= 11 is -0.473. The molecule has 1 unspecified atom stereocenters. The van der Waals surface area contributed by atoms with Crippen LogP contribution in [0.2, 0.25) is 0 Å². The Morgan fingerprint density at radius 2 is 1.04 bits per heavy atom. The quantitative estimate of drug-likeness (QED) is 0.271. The minimum Gasteiger partial charge on any atom is -0.675 e. The van der Waals surface area contributed by atoms with E-state index < -0.39 is 18.2 Å². The second-order valence-corrected chi connectivity index (χ2v) is 11.6. The smallest absolute Gasteiger partial charge is 0.0566 e. The van der Waals surface area contributed by atoms with Crippen molar-refractivity contribution < 1.29 is 18.2 Å². The van der Waals surface area contributed by atoms with Crippen LogP contribution >= 0.6 is 0 Å². The summed E-state index contributed by atoms with van der Waals surface area (Å²) in [5.41, 5.74) is 0.216. The molecular weight excluding hydrogens is 428 g/mol. The molecule has 0 amide bonds. The SMILES string of the molecule is CC(C)(C)[N]=[Mo]=[N]C(C)(C)C.CCC(C)C([N-]C(C)C)[N-]C(C)C.[CH2-]C(C)C. The van der Waals surface area contributed by atoms with Crippen LogP contribution < -0.4 is 0 Å². The molecule has 0 rings (SSSR count). The summed E-state index contributed by atoms with van der Waals surface area (Å²) < 4.78 is 9.01. The Morgan fingerprint density at radius 1 is 0.750 bits per heavy atom. The molecule has 0 radical (unpaired) electrons. The van der Waals surface area contributed by atoms with Crippen LogP contribution in [-0.2, 0) is 18.2 Å². The first kappa shape index (κ1) is 32.9. The van der Waals surface area contributed by atoms with Crippen molar-refractivity contribution in [2.45, 2.75) is 133 Å². The summed E-state index contributed by atoms with van der Waals surface area (Å²) in [6, 6.07) is 0.781. The van der Waals surface area contributed by atoms with E-state index in [1.807, 2.05) is 0 Å². The molecule has 0 aliphatic carbocycles. The van der Waals surface area contributed by atoms with E-state index in [-0.39, 0.29) is 17.2 Å². The molecule has 172 valence electrons. The molecule has 0 aromatic heterocycles. The third-order valence-electron chi connectivity index (χ3n) is 2.68. The van der Waals surface area contributed by atoms with E-state index in [1.165, 1.54) is 0 Å². The molecular formula is C23H51MoN4-3. The van der Waals surface area contributed by atoms with Crippen molar-refractivity contribution in [2.75, 3.05) is 0 Å². The zero-order valence-electron chi connectivity index (χ0n) is 21.5. The van der Waals surface area contributed by atoms with Crippen molar-refractivity contribution in [3.05, 3.63) is 17.6 Å². The van der Waals surface area contributed by atoms with Gasteiger partial charge in [0.15, 0.2) is 0 Å². The second-order valence-electron chi connectivity index (χ2n) is 10.3. The molecule has 4 nitrogen and oxygen atoms in total. The van der Waals surface area contributed by atoms with E-state index >= 15 is 0 Å². The summed E-state index contributed by atoms with van der Waals surface area (Å²) in [5.74, 6) is 1.16. The summed E-state index contributed by atoms with van der Waals surface area (Å²) in [6.45, 7) is 33.4. The van der Waals surface area contributed by atoms with E-state index in [4.69, 9.17) is 0 Å². The van der Waals surface area contributed by atoms with Crippen LogP contribution in [0, 0.1) is 18.8 Å². The molecule has 0 heterocycles. The fourth-order valence-corrected chi connectivity index (χ4v) is 2.72. The van der Waals surface area contributed by atoms with Gasteiger partial charge in [0.1, 0.15) is 0 Å². The van der Waals surface area contributed by atoms with Gasteiger partial charge in [0, 0.05) is 0 Å². The van der Waals surface area contributed by atoms with Crippen molar-refractivity contribution in [3.63, 3.8) is 0 Å². The Bertz CT molecular complexity index is 381. The maximum absolute atomic E-state index is 4.62. The van der Waals surface area contributed by atoms with Crippen LogP contribution in [0.25, 0.3) is 10.6 Å². The molecule has 0 aromatic carbocycles. The number of nitrogens with zero attached hydrogens (tertiary/aromatic N) is 4. The molecule has 0 N–H and O–H groups in total. The van der Waals surface area contributed by atoms with E-state index in [2.05, 4.69) is 121 Å². The van der Waals surface area contributed by atoms with E-state index in [0.717, 1.165) is 6.42 Å². The van der Waals surface area contributed by atoms with Gasteiger partial charge in [0.05, 0.1) is 0 Å². The van der Waals surface area contributed by atoms with E-state index in [9.17, 15) is 0 Å². The molecule has 0 bridgehead atoms. The van der Waals surface area contributed by atoms with Gasteiger partial charge in [-0.1, -0.05) is 67.7 Å². The molecule has 28 heavy (non-hydrogen) atoms. The molecule has 5 heteroatoms. The molecule has 0 fully saturated rings. The van der Waals surface area contributed by atoms with Gasteiger partial charge in [-0.25, -0.2) is 6.17 Å². The number of hydrogen-bond donors (Lipinski definition) is 0. The molecule has 0 aliphatic heterocycles. The van der Waals surface area contributed by atoms with Gasteiger partial charge in [-0.2, -0.15) is 5.92 Å². The first-order valence-electron chi connectivity index (χ1n) is 10.7. The van der Waals surface area contributed by atoms with E-state index in [1.54, 1.807) is 0 Å². The molecule has 0 aliphatic rings. The van der Waals surface area contributed by atoms with Crippen LogP contribution in [0.4, 0.5) is 0 Å². The summed E-state index contributed by atoms with van der Waals surface area (Å²) in [7, 11) is 0. The molecule has 1 atom stereocenters. The predicted molar refractivity (Wildman–Crippen MR) is 125 cm³/mol. The van der Waals surface area contributed by atoms with Gasteiger partial charge in [0.25, 0.3) is 0 Å². The first-order chi connectivity index (χ1) is 12.4. The van der Waals surface area contributed by atoms with Gasteiger partial charge in [-0.15, -0.1) is 12.1 Å². The first-order valence-corrected chi connectivity index (χ1v) is 12.5. The van der Waals surface area contributed by atoms with Crippen molar-refractivity contribution in [3.8, 4) is 0 Å².